The Hall–Kier alpha value is -0.0000000000000000416. The number of nitrogens with one attached hydrogen (secondary N) is 2. The Bertz CT molecular complexity index is 857. The molecule has 1 aromatic rings. The summed E-state index contributed by atoms with van der Waals surface area (Å²) in [6.45, 7) is 12.3. The summed E-state index contributed by atoms with van der Waals surface area (Å²) in [6, 6.07) is 9.81. The van der Waals surface area contributed by atoms with Crippen LogP contribution in [0.15, 0.2) is 24.3 Å². The Balaban J connectivity index is 1.53. The molecule has 4 saturated carbocycles. The normalized spacial score (nSPS) is 40.9. The first-order chi connectivity index (χ1) is 16.2. The molecule has 0 radical (unpaired) electrons. The lowest BCUT2D eigenvalue weighted by Crippen LogP contribution is -2.59. The van der Waals surface area contributed by atoms with Crippen molar-refractivity contribution in [3.63, 3.8) is 0 Å². The van der Waals surface area contributed by atoms with Crippen LogP contribution in [0.5, 0.6) is 0 Å². The van der Waals surface area contributed by atoms with Crippen molar-refractivity contribution in [3.8, 4) is 0 Å². The molecule has 7 rings (SSSR count). The van der Waals surface area contributed by atoms with E-state index < -0.39 is 0 Å². The van der Waals surface area contributed by atoms with Gasteiger partial charge in [0, 0.05) is 10.3 Å². The molecule has 0 spiro atoms. The van der Waals surface area contributed by atoms with E-state index in [0.717, 1.165) is 30.8 Å². The lowest BCUT2D eigenvalue weighted by molar-refractivity contribution is -0.101. The molecule has 6 aliphatic rings. The maximum atomic E-state index is 3.73. The molecule has 2 N–H and O–H groups in total. The maximum absolute atomic E-state index is 3.73. The van der Waals surface area contributed by atoms with E-state index in [9.17, 15) is 0 Å². The van der Waals surface area contributed by atoms with Crippen LogP contribution >= 0.6 is 18.5 Å². The standard InChI is InChI=1S/C30H48N2P2/c1-27(2,3)30(34,28-15-20-12-21(16-28)14-22(13-20)17-28)26-7-5-4-6-25(26)29(33,23-8-10-31-18-23)24-9-11-32-19-24/h4-7,20-24,31-32H,8-19,33-34H2,1-3H3. The second-order valence-electron chi connectivity index (χ2n) is 14.1. The summed E-state index contributed by atoms with van der Waals surface area (Å²) < 4.78 is 0. The molecule has 2 heterocycles. The van der Waals surface area contributed by atoms with Gasteiger partial charge >= 0.3 is 0 Å². The summed E-state index contributed by atoms with van der Waals surface area (Å²) in [7, 11) is 7.13. The third kappa shape index (κ3) is 3.48. The quantitative estimate of drug-likeness (QED) is 0.465. The molecule has 0 amide bonds. The molecule has 2 nitrogen and oxygen atoms in total. The lowest BCUT2D eigenvalue weighted by atomic mass is 9.42. The molecule has 2 saturated heterocycles. The van der Waals surface area contributed by atoms with Crippen LogP contribution in [0.3, 0.4) is 0 Å². The number of rotatable bonds is 5. The van der Waals surface area contributed by atoms with Crippen molar-refractivity contribution in [2.75, 3.05) is 26.2 Å². The van der Waals surface area contributed by atoms with Crippen molar-refractivity contribution in [3.05, 3.63) is 35.4 Å². The molecular formula is C30H48N2P2. The van der Waals surface area contributed by atoms with E-state index in [1.807, 2.05) is 0 Å². The minimum atomic E-state index is 0.104. The highest BCUT2D eigenvalue weighted by atomic mass is 31.0. The first kappa shape index (κ1) is 24.3. The van der Waals surface area contributed by atoms with Gasteiger partial charge in [-0.25, -0.2) is 0 Å². The summed E-state index contributed by atoms with van der Waals surface area (Å²) in [4.78, 5) is 0. The Morgan fingerprint density at radius 3 is 1.65 bits per heavy atom. The van der Waals surface area contributed by atoms with E-state index in [4.69, 9.17) is 0 Å². The van der Waals surface area contributed by atoms with Crippen molar-refractivity contribution in [1.29, 1.82) is 0 Å². The molecular weight excluding hydrogens is 450 g/mol. The van der Waals surface area contributed by atoms with Crippen molar-refractivity contribution in [2.45, 2.75) is 82.4 Å². The van der Waals surface area contributed by atoms with Crippen LogP contribution in [0.1, 0.15) is 83.3 Å². The van der Waals surface area contributed by atoms with Crippen molar-refractivity contribution in [2.24, 2.45) is 40.4 Å². The van der Waals surface area contributed by atoms with Gasteiger partial charge in [-0.15, -0.1) is 18.5 Å². The second kappa shape index (κ2) is 8.51. The molecule has 4 aliphatic carbocycles. The molecule has 5 unspecified atom stereocenters. The molecule has 2 aliphatic heterocycles. The Kier molecular flexibility index (Phi) is 6.10. The van der Waals surface area contributed by atoms with Crippen LogP contribution in [0.4, 0.5) is 0 Å². The van der Waals surface area contributed by atoms with Crippen LogP contribution in [0.25, 0.3) is 0 Å². The number of hydrogen-bond donors (Lipinski definition) is 2. The summed E-state index contributed by atoms with van der Waals surface area (Å²) in [5.74, 6) is 4.29. The molecule has 34 heavy (non-hydrogen) atoms. The van der Waals surface area contributed by atoms with Crippen molar-refractivity contribution < 1.29 is 0 Å². The molecule has 188 valence electrons. The Labute approximate surface area is 213 Å². The minimum Gasteiger partial charge on any atom is -0.316 e. The van der Waals surface area contributed by atoms with Crippen LogP contribution in [0.2, 0.25) is 0 Å². The van der Waals surface area contributed by atoms with Gasteiger partial charge in [0.15, 0.2) is 0 Å². The largest absolute Gasteiger partial charge is 0.316 e. The minimum absolute atomic E-state index is 0.104. The van der Waals surface area contributed by atoms with Crippen LogP contribution in [-0.4, -0.2) is 26.2 Å². The van der Waals surface area contributed by atoms with Gasteiger partial charge in [-0.05, 0) is 129 Å². The van der Waals surface area contributed by atoms with Gasteiger partial charge in [0.1, 0.15) is 0 Å². The fourth-order valence-corrected chi connectivity index (χ4v) is 11.6. The zero-order valence-corrected chi connectivity index (χ0v) is 24.1. The first-order valence-electron chi connectivity index (χ1n) is 14.3. The summed E-state index contributed by atoms with van der Waals surface area (Å²) >= 11 is 0. The van der Waals surface area contributed by atoms with E-state index >= 15 is 0 Å². The van der Waals surface area contributed by atoms with Gasteiger partial charge < -0.3 is 10.6 Å². The van der Waals surface area contributed by atoms with Crippen molar-refractivity contribution in [1.82, 2.24) is 10.6 Å². The number of benzene rings is 1. The molecule has 1 aromatic carbocycles. The monoisotopic (exact) mass is 498 g/mol. The average Bonchev–Trinajstić information content (AvgIpc) is 3.51. The van der Waals surface area contributed by atoms with Gasteiger partial charge in [-0.1, -0.05) is 45.0 Å². The van der Waals surface area contributed by atoms with Gasteiger partial charge in [-0.2, -0.15) is 0 Å². The van der Waals surface area contributed by atoms with Gasteiger partial charge in [0.05, 0.1) is 0 Å². The summed E-state index contributed by atoms with van der Waals surface area (Å²) in [5, 5.41) is 7.70. The van der Waals surface area contributed by atoms with E-state index in [2.05, 4.69) is 74.1 Å². The van der Waals surface area contributed by atoms with E-state index in [-0.39, 0.29) is 15.7 Å². The summed E-state index contributed by atoms with van der Waals surface area (Å²) in [5.41, 5.74) is 3.94. The topological polar surface area (TPSA) is 24.1 Å². The van der Waals surface area contributed by atoms with Crippen molar-refractivity contribution >= 4 is 18.5 Å². The lowest BCUT2D eigenvalue weighted by Gasteiger charge is -2.67. The molecule has 4 bridgehead atoms. The van der Waals surface area contributed by atoms with E-state index in [1.165, 1.54) is 64.5 Å². The smallest absolute Gasteiger partial charge is 0.0205 e. The van der Waals surface area contributed by atoms with Crippen LogP contribution in [-0.2, 0) is 10.3 Å². The van der Waals surface area contributed by atoms with Gasteiger partial charge in [-0.3, -0.25) is 0 Å². The molecule has 6 fully saturated rings. The Morgan fingerprint density at radius 1 is 0.765 bits per heavy atom. The first-order valence-corrected chi connectivity index (χ1v) is 15.4. The highest BCUT2D eigenvalue weighted by Crippen LogP contribution is 2.73. The van der Waals surface area contributed by atoms with E-state index in [1.54, 1.807) is 11.1 Å². The van der Waals surface area contributed by atoms with Crippen LogP contribution < -0.4 is 10.6 Å². The van der Waals surface area contributed by atoms with Gasteiger partial charge in [0.2, 0.25) is 0 Å². The highest BCUT2D eigenvalue weighted by Gasteiger charge is 2.63. The van der Waals surface area contributed by atoms with Crippen LogP contribution in [0, 0.1) is 40.4 Å². The van der Waals surface area contributed by atoms with E-state index in [0.29, 0.717) is 17.3 Å². The Morgan fingerprint density at radius 2 is 1.24 bits per heavy atom. The zero-order chi connectivity index (χ0) is 23.8. The maximum Gasteiger partial charge on any atom is 0.0205 e. The third-order valence-electron chi connectivity index (χ3n) is 11.3. The predicted octanol–water partition coefficient (Wildman–Crippen LogP) is 6.31. The molecule has 4 heteroatoms. The molecule has 5 atom stereocenters. The predicted molar refractivity (Wildman–Crippen MR) is 151 cm³/mol. The molecule has 0 aromatic heterocycles. The SMILES string of the molecule is CC(C)(C)C(P)(c1ccccc1C(P)(C1CCNC1)C1CCNC1)C12CC3CC(CC(C3)C1)C2. The third-order valence-corrected chi connectivity index (χ3v) is 14.4. The fraction of sp³-hybridized carbons (Fsp3) is 0.800. The van der Waals surface area contributed by atoms with Gasteiger partial charge in [0.25, 0.3) is 0 Å². The highest BCUT2D eigenvalue weighted by molar-refractivity contribution is 7.19. The summed E-state index contributed by atoms with van der Waals surface area (Å²) in [6.07, 6.45) is 11.5. The second-order valence-corrected chi connectivity index (χ2v) is 15.9. The number of hydrogen-bond acceptors (Lipinski definition) is 2. The average molecular weight is 499 g/mol. The fourth-order valence-electron chi connectivity index (χ4n) is 10.2. The zero-order valence-electron chi connectivity index (χ0n) is 21.8.